The first-order valence-corrected chi connectivity index (χ1v) is 10.2. The molecule has 1 aromatic rings. The summed E-state index contributed by atoms with van der Waals surface area (Å²) < 4.78 is 16.2. The number of nitrogens with zero attached hydrogens (tertiary/aromatic N) is 1. The van der Waals surface area contributed by atoms with Crippen LogP contribution in [0.5, 0.6) is 5.75 Å². The second-order valence-electron chi connectivity index (χ2n) is 6.52. The molecule has 0 atom stereocenters. The minimum absolute atomic E-state index is 0.0275. The van der Waals surface area contributed by atoms with E-state index in [4.69, 9.17) is 31.5 Å². The Kier molecular flexibility index (Phi) is 10.3. The van der Waals surface area contributed by atoms with Crippen molar-refractivity contribution >= 4 is 29.0 Å². The summed E-state index contributed by atoms with van der Waals surface area (Å²) >= 11 is 5.68. The van der Waals surface area contributed by atoms with E-state index in [-0.39, 0.29) is 24.2 Å². The van der Waals surface area contributed by atoms with Gasteiger partial charge in [-0.1, -0.05) is 0 Å². The van der Waals surface area contributed by atoms with E-state index in [2.05, 4.69) is 0 Å². The van der Waals surface area contributed by atoms with Crippen molar-refractivity contribution in [3.8, 4) is 5.75 Å². The zero-order valence-electron chi connectivity index (χ0n) is 16.2. The van der Waals surface area contributed by atoms with Crippen LogP contribution in [0.25, 0.3) is 0 Å². The highest BCUT2D eigenvalue weighted by atomic mass is 35.5. The number of ether oxygens (including phenoxy) is 3. The molecule has 1 aliphatic rings. The van der Waals surface area contributed by atoms with Crippen LogP contribution in [-0.2, 0) is 25.5 Å². The lowest BCUT2D eigenvalue weighted by Crippen LogP contribution is -2.36. The first-order chi connectivity index (χ1) is 13.7. The molecular formula is C20H29ClN2O5. The fourth-order valence-corrected chi connectivity index (χ4v) is 3.15. The normalized spacial score (nSPS) is 13.3. The van der Waals surface area contributed by atoms with Crippen LogP contribution in [0.2, 0.25) is 0 Å². The monoisotopic (exact) mass is 412 g/mol. The van der Waals surface area contributed by atoms with Crippen LogP contribution in [0, 0.1) is 0 Å². The molecule has 1 aliphatic heterocycles. The quantitative estimate of drug-likeness (QED) is 0.393. The summed E-state index contributed by atoms with van der Waals surface area (Å²) in [6.07, 6.45) is 2.82. The molecule has 1 aromatic carbocycles. The fourth-order valence-electron chi connectivity index (χ4n) is 3.01. The van der Waals surface area contributed by atoms with E-state index in [1.807, 2.05) is 12.1 Å². The van der Waals surface area contributed by atoms with Gasteiger partial charge in [-0.2, -0.15) is 0 Å². The Hall–Kier alpha value is -1.67. The molecule has 8 heteroatoms. The SMILES string of the molecule is NCCOCCOCCCC(=O)COc1ccc2c(c1)CCCN2C(=O)CCl. The van der Waals surface area contributed by atoms with Gasteiger partial charge in [-0.25, -0.2) is 0 Å². The maximum atomic E-state index is 12.0. The van der Waals surface area contributed by atoms with Crippen molar-refractivity contribution in [3.05, 3.63) is 23.8 Å². The van der Waals surface area contributed by atoms with Crippen LogP contribution in [0.4, 0.5) is 5.69 Å². The Morgan fingerprint density at radius 2 is 1.93 bits per heavy atom. The third kappa shape index (κ3) is 7.39. The van der Waals surface area contributed by atoms with Crippen molar-refractivity contribution in [2.24, 2.45) is 5.73 Å². The van der Waals surface area contributed by atoms with Crippen molar-refractivity contribution < 1.29 is 23.8 Å². The third-order valence-electron chi connectivity index (χ3n) is 4.36. The number of anilines is 1. The summed E-state index contributed by atoms with van der Waals surface area (Å²) in [4.78, 5) is 25.6. The minimum atomic E-state index is -0.0976. The van der Waals surface area contributed by atoms with Crippen molar-refractivity contribution in [1.29, 1.82) is 0 Å². The molecule has 0 spiro atoms. The van der Waals surface area contributed by atoms with Crippen molar-refractivity contribution in [1.82, 2.24) is 0 Å². The van der Waals surface area contributed by atoms with Gasteiger partial charge < -0.3 is 24.8 Å². The molecular weight excluding hydrogens is 384 g/mol. The third-order valence-corrected chi connectivity index (χ3v) is 4.59. The van der Waals surface area contributed by atoms with Gasteiger partial charge in [-0.15, -0.1) is 11.6 Å². The number of benzene rings is 1. The van der Waals surface area contributed by atoms with E-state index in [0.29, 0.717) is 58.1 Å². The van der Waals surface area contributed by atoms with Gasteiger partial charge in [0.1, 0.15) is 18.2 Å². The van der Waals surface area contributed by atoms with E-state index in [0.717, 1.165) is 24.1 Å². The van der Waals surface area contributed by atoms with Crippen LogP contribution >= 0.6 is 11.6 Å². The molecule has 0 unspecified atom stereocenters. The Bertz CT molecular complexity index is 641. The van der Waals surface area contributed by atoms with Crippen molar-refractivity contribution in [2.75, 3.05) is 56.9 Å². The predicted octanol–water partition coefficient (Wildman–Crippen LogP) is 1.92. The van der Waals surface area contributed by atoms with E-state index in [1.54, 1.807) is 11.0 Å². The maximum absolute atomic E-state index is 12.0. The van der Waals surface area contributed by atoms with E-state index in [1.165, 1.54) is 0 Å². The zero-order chi connectivity index (χ0) is 20.2. The van der Waals surface area contributed by atoms with Gasteiger partial charge in [-0.05, 0) is 43.0 Å². The number of carbonyl (C=O) groups excluding carboxylic acids is 2. The smallest absolute Gasteiger partial charge is 0.241 e. The zero-order valence-corrected chi connectivity index (χ0v) is 16.9. The number of aryl methyl sites for hydroxylation is 1. The van der Waals surface area contributed by atoms with Gasteiger partial charge in [0, 0.05) is 31.8 Å². The van der Waals surface area contributed by atoms with Crippen LogP contribution < -0.4 is 15.4 Å². The molecule has 7 nitrogen and oxygen atoms in total. The van der Waals surface area contributed by atoms with Gasteiger partial charge in [0.15, 0.2) is 5.78 Å². The summed E-state index contributed by atoms with van der Waals surface area (Å²) in [6, 6.07) is 5.55. The minimum Gasteiger partial charge on any atom is -0.486 e. The average molecular weight is 413 g/mol. The summed E-state index contributed by atoms with van der Waals surface area (Å²) in [5.74, 6) is 0.538. The Balaban J connectivity index is 1.69. The van der Waals surface area contributed by atoms with Gasteiger partial charge in [-0.3, -0.25) is 9.59 Å². The summed E-state index contributed by atoms with van der Waals surface area (Å²) in [5, 5.41) is 0. The highest BCUT2D eigenvalue weighted by Crippen LogP contribution is 2.30. The number of halogens is 1. The van der Waals surface area contributed by atoms with Gasteiger partial charge in [0.2, 0.25) is 5.91 Å². The van der Waals surface area contributed by atoms with E-state index < -0.39 is 0 Å². The molecule has 0 bridgehead atoms. The number of hydrogen-bond donors (Lipinski definition) is 1. The van der Waals surface area contributed by atoms with E-state index in [9.17, 15) is 9.59 Å². The second-order valence-corrected chi connectivity index (χ2v) is 6.78. The average Bonchev–Trinajstić information content (AvgIpc) is 2.72. The topological polar surface area (TPSA) is 91.1 Å². The second kappa shape index (κ2) is 12.7. The lowest BCUT2D eigenvalue weighted by atomic mass is 10.0. The summed E-state index contributed by atoms with van der Waals surface area (Å²) in [7, 11) is 0. The molecule has 2 rings (SSSR count). The van der Waals surface area contributed by atoms with Crippen molar-refractivity contribution in [2.45, 2.75) is 25.7 Å². The lowest BCUT2D eigenvalue weighted by Gasteiger charge is -2.29. The molecule has 156 valence electrons. The molecule has 0 aromatic heterocycles. The maximum Gasteiger partial charge on any atom is 0.241 e. The highest BCUT2D eigenvalue weighted by molar-refractivity contribution is 6.29. The Labute approximate surface area is 171 Å². The van der Waals surface area contributed by atoms with E-state index >= 15 is 0 Å². The molecule has 0 fully saturated rings. The number of Topliss-reactive ketones (excluding diaryl/α,β-unsaturated/α-hetero) is 1. The number of carbonyl (C=O) groups is 2. The number of nitrogens with two attached hydrogens (primary N) is 1. The molecule has 1 heterocycles. The Morgan fingerprint density at radius 3 is 2.68 bits per heavy atom. The number of ketones is 1. The first-order valence-electron chi connectivity index (χ1n) is 9.65. The molecule has 1 amide bonds. The van der Waals surface area contributed by atoms with Crippen LogP contribution in [0.3, 0.4) is 0 Å². The van der Waals surface area contributed by atoms with Crippen molar-refractivity contribution in [3.63, 3.8) is 0 Å². The number of alkyl halides is 1. The number of rotatable bonds is 13. The largest absolute Gasteiger partial charge is 0.486 e. The standard InChI is InChI=1S/C20H29ClN2O5/c21-14-20(25)23-8-1-3-16-13-18(5-6-19(16)23)28-15-17(24)4-2-9-26-11-12-27-10-7-22/h5-6,13H,1-4,7-12,14-15,22H2. The molecule has 0 saturated carbocycles. The van der Waals surface area contributed by atoms with Crippen LogP contribution in [0.15, 0.2) is 18.2 Å². The molecule has 2 N–H and O–H groups in total. The number of amides is 1. The number of fused-ring (bicyclic) bond motifs is 1. The fraction of sp³-hybridized carbons (Fsp3) is 0.600. The summed E-state index contributed by atoms with van der Waals surface area (Å²) in [6.45, 7) is 3.27. The first kappa shape index (κ1) is 22.6. The molecule has 28 heavy (non-hydrogen) atoms. The summed E-state index contributed by atoms with van der Waals surface area (Å²) in [5.41, 5.74) is 7.24. The lowest BCUT2D eigenvalue weighted by molar-refractivity contribution is -0.121. The highest BCUT2D eigenvalue weighted by Gasteiger charge is 2.22. The van der Waals surface area contributed by atoms with Gasteiger partial charge >= 0.3 is 0 Å². The van der Waals surface area contributed by atoms with Crippen LogP contribution in [0.1, 0.15) is 24.8 Å². The van der Waals surface area contributed by atoms with Crippen LogP contribution in [-0.4, -0.2) is 63.7 Å². The number of hydrogen-bond acceptors (Lipinski definition) is 6. The molecule has 0 saturated heterocycles. The Morgan fingerprint density at radius 1 is 1.14 bits per heavy atom. The molecule has 0 aliphatic carbocycles. The predicted molar refractivity (Wildman–Crippen MR) is 108 cm³/mol. The molecule has 0 radical (unpaired) electrons. The van der Waals surface area contributed by atoms with Gasteiger partial charge in [0.05, 0.1) is 19.8 Å². The van der Waals surface area contributed by atoms with Gasteiger partial charge in [0.25, 0.3) is 0 Å².